The summed E-state index contributed by atoms with van der Waals surface area (Å²) in [4.78, 5) is 39.9. The number of benzene rings is 1. The number of piperazine rings is 1. The van der Waals surface area contributed by atoms with E-state index < -0.39 is 50.6 Å². The molecule has 3 fully saturated rings. The molecule has 1 saturated carbocycles. The van der Waals surface area contributed by atoms with Gasteiger partial charge in [-0.05, 0) is 49.8 Å². The van der Waals surface area contributed by atoms with Gasteiger partial charge >= 0.3 is 6.03 Å². The first kappa shape index (κ1) is 24.5. The first-order valence-electron chi connectivity index (χ1n) is 11.4. The van der Waals surface area contributed by atoms with E-state index in [2.05, 4.69) is 12.2 Å². The molecular formula is C22H28F2N4O5S. The fourth-order valence-corrected chi connectivity index (χ4v) is 6.46. The van der Waals surface area contributed by atoms with Crippen molar-refractivity contribution in [3.63, 3.8) is 0 Å². The molecule has 0 aromatic heterocycles. The van der Waals surface area contributed by atoms with Crippen molar-refractivity contribution in [2.24, 2.45) is 5.92 Å². The maximum absolute atomic E-state index is 14.0. The van der Waals surface area contributed by atoms with Crippen LogP contribution in [0.1, 0.15) is 39.0 Å². The van der Waals surface area contributed by atoms with Crippen molar-refractivity contribution in [2.45, 2.75) is 49.5 Å². The molecule has 186 valence electrons. The topological polar surface area (TPSA) is 107 Å². The van der Waals surface area contributed by atoms with Gasteiger partial charge in [0.2, 0.25) is 15.9 Å². The third kappa shape index (κ3) is 4.40. The summed E-state index contributed by atoms with van der Waals surface area (Å²) >= 11 is 0. The zero-order chi connectivity index (χ0) is 24.7. The molecule has 1 spiro atoms. The Morgan fingerprint density at radius 1 is 1.12 bits per heavy atom. The van der Waals surface area contributed by atoms with Crippen LogP contribution in [-0.2, 0) is 19.6 Å². The molecule has 4 amide bonds. The molecule has 2 heterocycles. The van der Waals surface area contributed by atoms with Gasteiger partial charge in [-0.1, -0.05) is 13.3 Å². The highest BCUT2D eigenvalue weighted by Crippen LogP contribution is 2.37. The fourth-order valence-electron chi connectivity index (χ4n) is 4.96. The normalized spacial score (nSPS) is 26.3. The number of rotatable bonds is 5. The van der Waals surface area contributed by atoms with Crippen LogP contribution in [0.4, 0.5) is 13.6 Å². The number of halogens is 2. The van der Waals surface area contributed by atoms with Crippen LogP contribution in [0, 0.1) is 17.6 Å². The lowest BCUT2D eigenvalue weighted by Crippen LogP contribution is -2.53. The van der Waals surface area contributed by atoms with Crippen molar-refractivity contribution in [2.75, 3.05) is 32.7 Å². The van der Waals surface area contributed by atoms with Crippen LogP contribution in [0.5, 0.6) is 0 Å². The smallest absolute Gasteiger partial charge is 0.325 e. The van der Waals surface area contributed by atoms with Crippen molar-refractivity contribution in [3.8, 4) is 0 Å². The molecule has 3 aliphatic rings. The van der Waals surface area contributed by atoms with Crippen LogP contribution in [0.2, 0.25) is 0 Å². The fraction of sp³-hybridized carbons (Fsp3) is 0.591. The molecule has 2 aliphatic heterocycles. The quantitative estimate of drug-likeness (QED) is 0.622. The highest BCUT2D eigenvalue weighted by Gasteiger charge is 2.52. The summed E-state index contributed by atoms with van der Waals surface area (Å²) in [6.45, 7) is 1.44. The molecule has 1 aliphatic carbocycles. The lowest BCUT2D eigenvalue weighted by atomic mass is 9.75. The van der Waals surface area contributed by atoms with E-state index in [1.807, 2.05) is 0 Å². The Hall–Kier alpha value is -2.60. The van der Waals surface area contributed by atoms with Gasteiger partial charge in [0.25, 0.3) is 5.91 Å². The number of nitrogens with zero attached hydrogens (tertiary/aromatic N) is 3. The van der Waals surface area contributed by atoms with Crippen LogP contribution < -0.4 is 5.32 Å². The second-order valence-corrected chi connectivity index (χ2v) is 11.0. The summed E-state index contributed by atoms with van der Waals surface area (Å²) in [6.07, 6.45) is 3.80. The van der Waals surface area contributed by atoms with E-state index in [0.717, 1.165) is 40.6 Å². The Bertz CT molecular complexity index is 1100. The van der Waals surface area contributed by atoms with E-state index in [1.165, 1.54) is 4.90 Å². The van der Waals surface area contributed by atoms with Crippen LogP contribution in [0.15, 0.2) is 23.1 Å². The number of carbonyl (C=O) groups is 3. The van der Waals surface area contributed by atoms with Crippen LogP contribution in [-0.4, -0.2) is 78.6 Å². The molecule has 9 nitrogen and oxygen atoms in total. The Labute approximate surface area is 197 Å². The van der Waals surface area contributed by atoms with Gasteiger partial charge in [0.1, 0.15) is 28.6 Å². The summed E-state index contributed by atoms with van der Waals surface area (Å²) < 4.78 is 53.9. The number of sulfonamides is 1. The first-order chi connectivity index (χ1) is 16.1. The van der Waals surface area contributed by atoms with Crippen LogP contribution in [0.25, 0.3) is 0 Å². The summed E-state index contributed by atoms with van der Waals surface area (Å²) in [6, 6.07) is 1.63. The molecule has 0 unspecified atom stereocenters. The Morgan fingerprint density at radius 2 is 1.76 bits per heavy atom. The van der Waals surface area contributed by atoms with Crippen molar-refractivity contribution >= 4 is 27.9 Å². The van der Waals surface area contributed by atoms with E-state index >= 15 is 0 Å². The number of hydrogen-bond donors (Lipinski definition) is 1. The van der Waals surface area contributed by atoms with Gasteiger partial charge in [-0.2, -0.15) is 4.31 Å². The number of imide groups is 1. The standard InChI is InChI=1S/C22H28F2N4O5S/c1-2-15-5-7-22(8-6-15)20(30)28(21(31)25-22)14-19(29)26-9-11-27(12-10-26)34(32,33)18-13-16(23)3-4-17(18)24/h3-4,13,15H,2,5-12,14H2,1H3,(H,25,31). The summed E-state index contributed by atoms with van der Waals surface area (Å²) in [5, 5.41) is 2.79. The minimum absolute atomic E-state index is 0.00195. The number of amides is 4. The second kappa shape index (κ2) is 9.21. The Morgan fingerprint density at radius 3 is 2.38 bits per heavy atom. The van der Waals surface area contributed by atoms with Crippen molar-refractivity contribution in [1.29, 1.82) is 0 Å². The molecule has 4 rings (SSSR count). The minimum Gasteiger partial charge on any atom is -0.338 e. The Balaban J connectivity index is 1.36. The third-order valence-electron chi connectivity index (χ3n) is 7.18. The van der Waals surface area contributed by atoms with Crippen molar-refractivity contribution in [1.82, 2.24) is 19.4 Å². The number of hydrogen-bond acceptors (Lipinski definition) is 5. The molecule has 1 aromatic rings. The van der Waals surface area contributed by atoms with E-state index in [1.54, 1.807) is 0 Å². The van der Waals surface area contributed by atoms with Gasteiger partial charge in [-0.15, -0.1) is 0 Å². The maximum atomic E-state index is 14.0. The third-order valence-corrected chi connectivity index (χ3v) is 9.09. The molecule has 0 radical (unpaired) electrons. The molecule has 34 heavy (non-hydrogen) atoms. The molecular weight excluding hydrogens is 470 g/mol. The molecule has 2 saturated heterocycles. The first-order valence-corrected chi connectivity index (χ1v) is 12.9. The summed E-state index contributed by atoms with van der Waals surface area (Å²) in [5.74, 6) is -2.26. The van der Waals surface area contributed by atoms with Gasteiger partial charge in [0.15, 0.2) is 0 Å². The van der Waals surface area contributed by atoms with Crippen molar-refractivity contribution < 1.29 is 31.6 Å². The largest absolute Gasteiger partial charge is 0.338 e. The van der Waals surface area contributed by atoms with Crippen molar-refractivity contribution in [3.05, 3.63) is 29.8 Å². The zero-order valence-electron chi connectivity index (χ0n) is 18.9. The second-order valence-electron chi connectivity index (χ2n) is 9.11. The molecule has 0 bridgehead atoms. The molecule has 12 heteroatoms. The van der Waals surface area contributed by atoms with Crippen LogP contribution >= 0.6 is 0 Å². The lowest BCUT2D eigenvalue weighted by Gasteiger charge is -2.35. The lowest BCUT2D eigenvalue weighted by molar-refractivity contribution is -0.140. The zero-order valence-corrected chi connectivity index (χ0v) is 19.7. The van der Waals surface area contributed by atoms with E-state index in [9.17, 15) is 31.6 Å². The number of urea groups is 1. The van der Waals surface area contributed by atoms with Gasteiger partial charge in [0, 0.05) is 26.2 Å². The summed E-state index contributed by atoms with van der Waals surface area (Å²) in [5.41, 5.74) is -0.940. The molecule has 0 atom stereocenters. The van der Waals surface area contributed by atoms with E-state index in [4.69, 9.17) is 0 Å². The van der Waals surface area contributed by atoms with Gasteiger partial charge < -0.3 is 10.2 Å². The number of carbonyl (C=O) groups excluding carboxylic acids is 3. The monoisotopic (exact) mass is 498 g/mol. The van der Waals surface area contributed by atoms with Crippen LogP contribution in [0.3, 0.4) is 0 Å². The maximum Gasteiger partial charge on any atom is 0.325 e. The van der Waals surface area contributed by atoms with E-state index in [-0.39, 0.29) is 32.1 Å². The predicted octanol–water partition coefficient (Wildman–Crippen LogP) is 1.69. The highest BCUT2D eigenvalue weighted by atomic mass is 32.2. The van der Waals surface area contributed by atoms with Gasteiger partial charge in [-0.25, -0.2) is 22.0 Å². The van der Waals surface area contributed by atoms with Gasteiger partial charge in [0.05, 0.1) is 0 Å². The average Bonchev–Trinajstić information content (AvgIpc) is 3.05. The summed E-state index contributed by atoms with van der Waals surface area (Å²) in [7, 11) is -4.28. The Kier molecular flexibility index (Phi) is 6.65. The van der Waals surface area contributed by atoms with Gasteiger partial charge in [-0.3, -0.25) is 14.5 Å². The van der Waals surface area contributed by atoms with E-state index in [0.29, 0.717) is 24.8 Å². The highest BCUT2D eigenvalue weighted by molar-refractivity contribution is 7.89. The number of nitrogens with one attached hydrogen (secondary N) is 1. The molecule has 1 N–H and O–H groups in total. The minimum atomic E-state index is -4.28. The SMILES string of the molecule is CCC1CCC2(CC1)NC(=O)N(CC(=O)N1CCN(S(=O)(=O)c3cc(F)ccc3F)CC1)C2=O. The average molecular weight is 499 g/mol. The predicted molar refractivity (Wildman–Crippen MR) is 117 cm³/mol. The molecule has 1 aromatic carbocycles.